The first-order valence-corrected chi connectivity index (χ1v) is 8.60. The monoisotopic (exact) mass is 357 g/mol. The molecule has 0 aliphatic heterocycles. The molecule has 0 heterocycles. The molecule has 1 amide bonds. The van der Waals surface area contributed by atoms with Crippen LogP contribution in [0.25, 0.3) is 0 Å². The minimum Gasteiger partial charge on any atom is -0.457 e. The highest BCUT2D eigenvalue weighted by atomic mass is 16.5. The van der Waals surface area contributed by atoms with Crippen molar-refractivity contribution < 1.29 is 9.53 Å². The van der Waals surface area contributed by atoms with Gasteiger partial charge in [-0.15, -0.1) is 0 Å². The van der Waals surface area contributed by atoms with Crippen LogP contribution in [0.1, 0.15) is 12.0 Å². The lowest BCUT2D eigenvalue weighted by atomic mass is 10.2. The summed E-state index contributed by atoms with van der Waals surface area (Å²) < 4.78 is 5.75. The molecule has 0 saturated heterocycles. The maximum Gasteiger partial charge on any atom is 0.226 e. The number of rotatable bonds is 7. The van der Waals surface area contributed by atoms with Crippen molar-refractivity contribution in [3.63, 3.8) is 0 Å². The molecule has 0 unspecified atom stereocenters. The first-order valence-electron chi connectivity index (χ1n) is 8.60. The summed E-state index contributed by atoms with van der Waals surface area (Å²) in [5.74, 6) is 1.43. The van der Waals surface area contributed by atoms with E-state index in [2.05, 4.69) is 16.7 Å². The quantitative estimate of drug-likeness (QED) is 0.637. The number of hydrogen-bond donors (Lipinski definition) is 2. The van der Waals surface area contributed by atoms with Crippen LogP contribution in [0.15, 0.2) is 78.9 Å². The lowest BCUT2D eigenvalue weighted by Gasteiger charge is -2.09. The SMILES string of the molecule is N#Cc1cccc(NC(=O)CCNc2ccc(Oc3ccccc3)cc2)c1. The van der Waals surface area contributed by atoms with Crippen LogP contribution in [-0.2, 0) is 4.79 Å². The van der Waals surface area contributed by atoms with Gasteiger partial charge in [-0.1, -0.05) is 24.3 Å². The third kappa shape index (κ3) is 5.62. The standard InChI is InChI=1S/C22H19N3O2/c23-16-17-5-4-6-19(15-17)25-22(26)13-14-24-18-9-11-21(12-10-18)27-20-7-2-1-3-8-20/h1-12,15,24H,13-14H2,(H,25,26). The second-order valence-electron chi connectivity index (χ2n) is 5.86. The molecular weight excluding hydrogens is 338 g/mol. The van der Waals surface area contributed by atoms with E-state index in [4.69, 9.17) is 10.00 Å². The number of hydrogen-bond acceptors (Lipinski definition) is 4. The summed E-state index contributed by atoms with van der Waals surface area (Å²) >= 11 is 0. The molecule has 3 aromatic rings. The van der Waals surface area contributed by atoms with Crippen LogP contribution < -0.4 is 15.4 Å². The van der Waals surface area contributed by atoms with Crippen LogP contribution in [-0.4, -0.2) is 12.5 Å². The van der Waals surface area contributed by atoms with E-state index in [1.54, 1.807) is 24.3 Å². The Kier molecular flexibility index (Phi) is 6.05. The van der Waals surface area contributed by atoms with Crippen molar-refractivity contribution in [3.05, 3.63) is 84.4 Å². The van der Waals surface area contributed by atoms with Crippen molar-refractivity contribution >= 4 is 17.3 Å². The van der Waals surface area contributed by atoms with Gasteiger partial charge in [0, 0.05) is 24.3 Å². The van der Waals surface area contributed by atoms with Crippen LogP contribution in [0, 0.1) is 11.3 Å². The highest BCUT2D eigenvalue weighted by molar-refractivity contribution is 5.91. The zero-order chi connectivity index (χ0) is 18.9. The number of carbonyl (C=O) groups excluding carboxylic acids is 1. The van der Waals surface area contributed by atoms with Crippen LogP contribution in [0.5, 0.6) is 11.5 Å². The molecule has 0 aromatic heterocycles. The molecule has 0 atom stereocenters. The minimum atomic E-state index is -0.110. The smallest absolute Gasteiger partial charge is 0.226 e. The van der Waals surface area contributed by atoms with Gasteiger partial charge in [-0.2, -0.15) is 5.26 Å². The van der Waals surface area contributed by atoms with Gasteiger partial charge in [-0.3, -0.25) is 4.79 Å². The number of para-hydroxylation sites is 1. The number of nitrogens with one attached hydrogen (secondary N) is 2. The Morgan fingerprint density at radius 2 is 1.63 bits per heavy atom. The number of amides is 1. The molecule has 2 N–H and O–H groups in total. The Morgan fingerprint density at radius 1 is 0.889 bits per heavy atom. The molecule has 0 spiro atoms. The predicted molar refractivity (Wildman–Crippen MR) is 106 cm³/mol. The van der Waals surface area contributed by atoms with Gasteiger partial charge in [0.2, 0.25) is 5.91 Å². The van der Waals surface area contributed by atoms with Crippen LogP contribution in [0.2, 0.25) is 0 Å². The summed E-state index contributed by atoms with van der Waals surface area (Å²) in [6, 6.07) is 26.1. The fourth-order valence-corrected chi connectivity index (χ4v) is 2.48. The Morgan fingerprint density at radius 3 is 2.37 bits per heavy atom. The van der Waals surface area contributed by atoms with E-state index in [9.17, 15) is 4.79 Å². The summed E-state index contributed by atoms with van der Waals surface area (Å²) in [5, 5.41) is 14.9. The van der Waals surface area contributed by atoms with E-state index in [0.29, 0.717) is 24.2 Å². The van der Waals surface area contributed by atoms with Gasteiger partial charge in [-0.05, 0) is 54.6 Å². The van der Waals surface area contributed by atoms with E-state index >= 15 is 0 Å². The molecule has 0 fully saturated rings. The largest absolute Gasteiger partial charge is 0.457 e. The lowest BCUT2D eigenvalue weighted by Crippen LogP contribution is -2.16. The molecule has 5 heteroatoms. The fourth-order valence-electron chi connectivity index (χ4n) is 2.48. The predicted octanol–water partition coefficient (Wildman–Crippen LogP) is 4.79. The summed E-state index contributed by atoms with van der Waals surface area (Å²) in [6.45, 7) is 0.503. The topological polar surface area (TPSA) is 74.2 Å². The van der Waals surface area contributed by atoms with E-state index in [1.165, 1.54) is 0 Å². The number of ether oxygens (including phenoxy) is 1. The van der Waals surface area contributed by atoms with E-state index in [1.807, 2.05) is 54.6 Å². The van der Waals surface area contributed by atoms with Gasteiger partial charge in [0.05, 0.1) is 11.6 Å². The van der Waals surface area contributed by atoms with E-state index < -0.39 is 0 Å². The summed E-state index contributed by atoms with van der Waals surface area (Å²) in [7, 11) is 0. The molecule has 3 aromatic carbocycles. The Hall–Kier alpha value is -3.78. The van der Waals surface area contributed by atoms with Gasteiger partial charge in [0.15, 0.2) is 0 Å². The molecule has 3 rings (SSSR count). The van der Waals surface area contributed by atoms with Crippen molar-refractivity contribution in [3.8, 4) is 17.6 Å². The molecular formula is C22H19N3O2. The van der Waals surface area contributed by atoms with E-state index in [0.717, 1.165) is 17.2 Å². The lowest BCUT2D eigenvalue weighted by molar-refractivity contribution is -0.115. The van der Waals surface area contributed by atoms with Crippen molar-refractivity contribution in [2.75, 3.05) is 17.2 Å². The number of nitriles is 1. The maximum atomic E-state index is 12.0. The molecule has 5 nitrogen and oxygen atoms in total. The van der Waals surface area contributed by atoms with Gasteiger partial charge < -0.3 is 15.4 Å². The summed E-state index contributed by atoms with van der Waals surface area (Å²) in [4.78, 5) is 12.0. The zero-order valence-electron chi connectivity index (χ0n) is 14.7. The maximum absolute atomic E-state index is 12.0. The third-order valence-electron chi connectivity index (χ3n) is 3.79. The van der Waals surface area contributed by atoms with Gasteiger partial charge in [0.25, 0.3) is 0 Å². The first-order chi connectivity index (χ1) is 13.2. The highest BCUT2D eigenvalue weighted by Gasteiger charge is 2.03. The van der Waals surface area contributed by atoms with Gasteiger partial charge >= 0.3 is 0 Å². The van der Waals surface area contributed by atoms with Crippen LogP contribution >= 0.6 is 0 Å². The van der Waals surface area contributed by atoms with Gasteiger partial charge in [0.1, 0.15) is 11.5 Å². The van der Waals surface area contributed by atoms with E-state index in [-0.39, 0.29) is 5.91 Å². The molecule has 0 saturated carbocycles. The summed E-state index contributed by atoms with van der Waals surface area (Å²) in [5.41, 5.74) is 2.06. The van der Waals surface area contributed by atoms with Crippen molar-refractivity contribution in [2.45, 2.75) is 6.42 Å². The fraction of sp³-hybridized carbons (Fsp3) is 0.0909. The van der Waals surface area contributed by atoms with Crippen LogP contribution in [0.4, 0.5) is 11.4 Å². The normalized spacial score (nSPS) is 9.89. The highest BCUT2D eigenvalue weighted by Crippen LogP contribution is 2.22. The van der Waals surface area contributed by atoms with Crippen molar-refractivity contribution in [1.29, 1.82) is 5.26 Å². The number of anilines is 2. The van der Waals surface area contributed by atoms with Gasteiger partial charge in [-0.25, -0.2) is 0 Å². The zero-order valence-corrected chi connectivity index (χ0v) is 14.7. The molecule has 0 aliphatic rings. The minimum absolute atomic E-state index is 0.110. The number of benzene rings is 3. The molecule has 0 aliphatic carbocycles. The number of nitrogens with zero attached hydrogens (tertiary/aromatic N) is 1. The van der Waals surface area contributed by atoms with Crippen LogP contribution in [0.3, 0.4) is 0 Å². The van der Waals surface area contributed by atoms with Crippen molar-refractivity contribution in [1.82, 2.24) is 0 Å². The Labute approximate surface area is 158 Å². The first kappa shape index (κ1) is 18.0. The second kappa shape index (κ2) is 9.07. The molecule has 27 heavy (non-hydrogen) atoms. The molecule has 0 radical (unpaired) electrons. The molecule has 134 valence electrons. The number of carbonyl (C=O) groups is 1. The van der Waals surface area contributed by atoms with Crippen molar-refractivity contribution in [2.24, 2.45) is 0 Å². The molecule has 0 bridgehead atoms. The Balaban J connectivity index is 1.44. The second-order valence-corrected chi connectivity index (χ2v) is 5.86. The summed E-state index contributed by atoms with van der Waals surface area (Å²) in [6.07, 6.45) is 0.318. The average Bonchev–Trinajstić information content (AvgIpc) is 2.70. The Bertz CT molecular complexity index is 932. The third-order valence-corrected chi connectivity index (χ3v) is 3.79. The average molecular weight is 357 g/mol.